The molecule has 1 aromatic carbocycles. The van der Waals surface area contributed by atoms with Crippen LogP contribution in [0, 0.1) is 25.2 Å². The number of fused-ring (bicyclic) bond motifs is 1. The van der Waals surface area contributed by atoms with E-state index in [1.54, 1.807) is 23.0 Å². The van der Waals surface area contributed by atoms with Gasteiger partial charge in [-0.1, -0.05) is 6.07 Å². The fourth-order valence-electron chi connectivity index (χ4n) is 4.05. The van der Waals surface area contributed by atoms with E-state index in [-0.39, 0.29) is 6.04 Å². The van der Waals surface area contributed by atoms with Crippen LogP contribution in [0.25, 0.3) is 22.2 Å². The molecule has 3 heterocycles. The van der Waals surface area contributed by atoms with Gasteiger partial charge in [-0.05, 0) is 45.4 Å². The van der Waals surface area contributed by atoms with Gasteiger partial charge in [-0.2, -0.15) is 10.4 Å². The predicted molar refractivity (Wildman–Crippen MR) is 124 cm³/mol. The largest absolute Gasteiger partial charge is 0.493 e. The number of rotatable bonds is 6. The highest BCUT2D eigenvalue weighted by molar-refractivity contribution is 5.88. The van der Waals surface area contributed by atoms with Crippen LogP contribution in [-0.2, 0) is 0 Å². The monoisotopic (exact) mass is 441 g/mol. The number of hydrogen-bond acceptors (Lipinski definition) is 8. The summed E-state index contributed by atoms with van der Waals surface area (Å²) in [6, 6.07) is 7.34. The van der Waals surface area contributed by atoms with Crippen molar-refractivity contribution in [1.82, 2.24) is 24.7 Å². The second-order valence-electron chi connectivity index (χ2n) is 7.66. The number of nitrogen functional groups attached to an aromatic ring is 1. The van der Waals surface area contributed by atoms with Gasteiger partial charge >= 0.3 is 0 Å². The highest BCUT2D eigenvalue weighted by Crippen LogP contribution is 2.42. The number of nitriles is 1. The molecule has 0 saturated carbocycles. The molecule has 9 nitrogen and oxygen atoms in total. The number of aromatic nitrogens is 5. The first-order valence-corrected chi connectivity index (χ1v) is 10.5. The zero-order valence-electron chi connectivity index (χ0n) is 18.8. The normalized spacial score (nSPS) is 11.8. The summed E-state index contributed by atoms with van der Waals surface area (Å²) in [5.74, 6) is 0.940. The van der Waals surface area contributed by atoms with Crippen LogP contribution in [0.15, 0.2) is 30.7 Å². The Bertz CT molecular complexity index is 1400. The summed E-state index contributed by atoms with van der Waals surface area (Å²) in [6.45, 7) is 8.02. The van der Waals surface area contributed by atoms with E-state index in [1.165, 1.54) is 6.33 Å². The Hall–Kier alpha value is -4.32. The van der Waals surface area contributed by atoms with Crippen molar-refractivity contribution in [1.29, 1.82) is 5.26 Å². The Morgan fingerprint density at radius 3 is 2.70 bits per heavy atom. The first-order chi connectivity index (χ1) is 15.9. The van der Waals surface area contributed by atoms with Crippen molar-refractivity contribution in [3.8, 4) is 22.9 Å². The summed E-state index contributed by atoms with van der Waals surface area (Å²) in [4.78, 5) is 23.8. The van der Waals surface area contributed by atoms with Crippen molar-refractivity contribution in [2.75, 3.05) is 12.3 Å². The lowest BCUT2D eigenvalue weighted by Gasteiger charge is -2.22. The average molecular weight is 441 g/mol. The molecular formula is C24H23N7O2. The number of carbonyl (C=O) groups excluding carboxylic acids is 1. The van der Waals surface area contributed by atoms with Crippen molar-refractivity contribution in [2.45, 2.75) is 33.7 Å². The van der Waals surface area contributed by atoms with Crippen LogP contribution >= 0.6 is 0 Å². The number of pyridine rings is 1. The molecule has 2 N–H and O–H groups in total. The highest BCUT2D eigenvalue weighted by atomic mass is 16.5. The second kappa shape index (κ2) is 8.67. The Morgan fingerprint density at radius 2 is 2.06 bits per heavy atom. The van der Waals surface area contributed by atoms with E-state index in [2.05, 4.69) is 26.1 Å². The molecule has 1 unspecified atom stereocenters. The van der Waals surface area contributed by atoms with E-state index in [9.17, 15) is 10.1 Å². The molecule has 166 valence electrons. The van der Waals surface area contributed by atoms with Gasteiger partial charge in [0.2, 0.25) is 0 Å². The topological polar surface area (TPSA) is 133 Å². The molecule has 4 rings (SSSR count). The molecule has 0 aliphatic heterocycles. The zero-order valence-corrected chi connectivity index (χ0v) is 18.8. The van der Waals surface area contributed by atoms with Gasteiger partial charge < -0.3 is 10.5 Å². The average Bonchev–Trinajstić information content (AvgIpc) is 3.17. The minimum atomic E-state index is -0.288. The van der Waals surface area contributed by atoms with E-state index < -0.39 is 0 Å². The van der Waals surface area contributed by atoms with Crippen molar-refractivity contribution in [2.24, 2.45) is 0 Å². The fraction of sp³-hybridized carbons (Fsp3) is 0.250. The molecular weight excluding hydrogens is 418 g/mol. The van der Waals surface area contributed by atoms with Crippen LogP contribution in [-0.4, -0.2) is 37.6 Å². The third-order valence-corrected chi connectivity index (χ3v) is 5.61. The van der Waals surface area contributed by atoms with Crippen molar-refractivity contribution in [3.05, 3.63) is 58.8 Å². The minimum absolute atomic E-state index is 0.288. The lowest BCUT2D eigenvalue weighted by Crippen LogP contribution is -2.13. The predicted octanol–water partition coefficient (Wildman–Crippen LogP) is 3.78. The van der Waals surface area contributed by atoms with Crippen LogP contribution in [0.4, 0.5) is 5.82 Å². The Morgan fingerprint density at radius 1 is 1.27 bits per heavy atom. The molecule has 3 aromatic heterocycles. The van der Waals surface area contributed by atoms with Crippen molar-refractivity contribution in [3.63, 3.8) is 0 Å². The number of anilines is 1. The number of aldehydes is 1. The maximum Gasteiger partial charge on any atom is 0.168 e. The van der Waals surface area contributed by atoms with Gasteiger partial charge in [0.1, 0.15) is 29.7 Å². The summed E-state index contributed by atoms with van der Waals surface area (Å²) >= 11 is 0. The van der Waals surface area contributed by atoms with Crippen LogP contribution in [0.2, 0.25) is 0 Å². The quantitative estimate of drug-likeness (QED) is 0.447. The number of ether oxygens (including phenoxy) is 1. The Labute approximate surface area is 190 Å². The summed E-state index contributed by atoms with van der Waals surface area (Å²) in [7, 11) is 0. The van der Waals surface area contributed by atoms with Gasteiger partial charge in [-0.25, -0.2) is 14.6 Å². The number of nitrogens with zero attached hydrogens (tertiary/aromatic N) is 6. The number of hydrogen-bond donors (Lipinski definition) is 1. The van der Waals surface area contributed by atoms with E-state index in [4.69, 9.17) is 10.5 Å². The molecule has 0 radical (unpaired) electrons. The second-order valence-corrected chi connectivity index (χ2v) is 7.66. The summed E-state index contributed by atoms with van der Waals surface area (Å²) in [5.41, 5.74) is 11.2. The molecule has 0 aliphatic rings. The molecule has 9 heteroatoms. The van der Waals surface area contributed by atoms with Crippen LogP contribution < -0.4 is 10.5 Å². The van der Waals surface area contributed by atoms with Crippen LogP contribution in [0.5, 0.6) is 5.75 Å². The summed E-state index contributed by atoms with van der Waals surface area (Å²) in [5, 5.41) is 15.3. The Kier molecular flexibility index (Phi) is 5.75. The van der Waals surface area contributed by atoms with E-state index in [0.717, 1.165) is 16.8 Å². The van der Waals surface area contributed by atoms with Crippen LogP contribution in [0.3, 0.4) is 0 Å². The van der Waals surface area contributed by atoms with Gasteiger partial charge in [0.15, 0.2) is 11.9 Å². The van der Waals surface area contributed by atoms with Crippen molar-refractivity contribution < 1.29 is 9.53 Å². The first-order valence-electron chi connectivity index (χ1n) is 10.5. The number of aryl methyl sites for hydroxylation is 2. The van der Waals surface area contributed by atoms with Gasteiger partial charge in [-0.3, -0.25) is 9.78 Å². The maximum atomic E-state index is 11.1. The molecule has 1 atom stereocenters. The summed E-state index contributed by atoms with van der Waals surface area (Å²) in [6.07, 6.45) is 3.68. The molecule has 0 amide bonds. The Balaban J connectivity index is 1.99. The van der Waals surface area contributed by atoms with E-state index in [0.29, 0.717) is 57.9 Å². The molecule has 0 fully saturated rings. The zero-order chi connectivity index (χ0) is 23.7. The molecule has 0 aliphatic carbocycles. The molecule has 0 saturated heterocycles. The first kappa shape index (κ1) is 21.9. The maximum absolute atomic E-state index is 11.1. The SMILES string of the molecule is CCOc1c(C(C)n2nc(C)c3c(N)ncnc32)cc(C)c(C#N)c1-c1ccc(C=O)nc1. The number of carbonyl (C=O) groups is 1. The van der Waals surface area contributed by atoms with E-state index in [1.807, 2.05) is 33.8 Å². The van der Waals surface area contributed by atoms with Gasteiger partial charge in [0.05, 0.1) is 29.3 Å². The fourth-order valence-corrected chi connectivity index (χ4v) is 4.05. The van der Waals surface area contributed by atoms with Gasteiger partial charge in [-0.15, -0.1) is 0 Å². The van der Waals surface area contributed by atoms with Crippen molar-refractivity contribution >= 4 is 23.1 Å². The number of nitrogens with two attached hydrogens (primary N) is 1. The summed E-state index contributed by atoms with van der Waals surface area (Å²) < 4.78 is 7.91. The van der Waals surface area contributed by atoms with E-state index >= 15 is 0 Å². The van der Waals surface area contributed by atoms with Gasteiger partial charge in [0.25, 0.3) is 0 Å². The minimum Gasteiger partial charge on any atom is -0.493 e. The van der Waals surface area contributed by atoms with Gasteiger partial charge in [0, 0.05) is 22.9 Å². The lowest BCUT2D eigenvalue weighted by atomic mass is 9.91. The molecule has 0 bridgehead atoms. The standard InChI is InChI=1S/C24H23N7O2/c1-5-33-22-18(15(4)31-24-20(14(3)30-31)23(26)28-12-29-24)8-13(2)19(9-25)21(22)16-6-7-17(11-32)27-10-16/h6-8,10-12,15H,5H2,1-4H3,(H2,26,28,29). The van der Waals surface area contributed by atoms with Crippen LogP contribution in [0.1, 0.15) is 52.8 Å². The third kappa shape index (κ3) is 3.65. The smallest absolute Gasteiger partial charge is 0.168 e. The molecule has 33 heavy (non-hydrogen) atoms. The highest BCUT2D eigenvalue weighted by Gasteiger charge is 2.26. The molecule has 0 spiro atoms. The molecule has 4 aromatic rings. The number of benzene rings is 1. The third-order valence-electron chi connectivity index (χ3n) is 5.61. The lowest BCUT2D eigenvalue weighted by molar-refractivity contribution is 0.111.